The van der Waals surface area contributed by atoms with Crippen molar-refractivity contribution in [3.8, 4) is 0 Å². The second-order valence-corrected chi connectivity index (χ2v) is 7.02. The topological polar surface area (TPSA) is 21.3 Å². The summed E-state index contributed by atoms with van der Waals surface area (Å²) >= 11 is 0. The van der Waals surface area contributed by atoms with E-state index in [0.29, 0.717) is 5.60 Å². The summed E-state index contributed by atoms with van der Waals surface area (Å²) < 4.78 is 6.02. The Morgan fingerprint density at radius 3 is 2.65 bits per heavy atom. The summed E-state index contributed by atoms with van der Waals surface area (Å²) in [6, 6.07) is 1.61. The number of nitrogens with one attached hydrogen (secondary N) is 1. The van der Waals surface area contributed by atoms with Gasteiger partial charge in [0.05, 0.1) is 5.60 Å². The van der Waals surface area contributed by atoms with E-state index < -0.39 is 0 Å². The molecule has 4 aliphatic rings. The van der Waals surface area contributed by atoms with Crippen LogP contribution in [0.25, 0.3) is 0 Å². The lowest BCUT2D eigenvalue weighted by Crippen LogP contribution is -2.53. The molecular formula is C15H25NO. The maximum atomic E-state index is 6.02. The van der Waals surface area contributed by atoms with Crippen molar-refractivity contribution >= 4 is 0 Å². The molecule has 4 atom stereocenters. The third kappa shape index (κ3) is 1.84. The van der Waals surface area contributed by atoms with Crippen molar-refractivity contribution in [3.05, 3.63) is 0 Å². The van der Waals surface area contributed by atoms with Crippen LogP contribution in [0.4, 0.5) is 0 Å². The van der Waals surface area contributed by atoms with E-state index >= 15 is 0 Å². The molecular weight excluding hydrogens is 210 g/mol. The van der Waals surface area contributed by atoms with Crippen molar-refractivity contribution in [2.24, 2.45) is 11.8 Å². The smallest absolute Gasteiger partial charge is 0.0697 e. The first-order valence-electron chi connectivity index (χ1n) is 7.73. The van der Waals surface area contributed by atoms with Crippen LogP contribution >= 0.6 is 0 Å². The Morgan fingerprint density at radius 2 is 2.00 bits per heavy atom. The molecule has 3 saturated carbocycles. The molecule has 1 heterocycles. The van der Waals surface area contributed by atoms with Crippen molar-refractivity contribution in [2.75, 3.05) is 6.61 Å². The molecule has 4 unspecified atom stereocenters. The normalized spacial score (nSPS) is 47.3. The molecule has 1 spiro atoms. The third-order valence-corrected chi connectivity index (χ3v) is 5.95. The molecule has 1 aliphatic heterocycles. The maximum Gasteiger partial charge on any atom is 0.0697 e. The highest BCUT2D eigenvalue weighted by Gasteiger charge is 2.45. The highest BCUT2D eigenvalue weighted by atomic mass is 16.5. The van der Waals surface area contributed by atoms with E-state index in [2.05, 4.69) is 5.32 Å². The first-order valence-corrected chi connectivity index (χ1v) is 7.73. The number of hydrogen-bond donors (Lipinski definition) is 1. The predicted molar refractivity (Wildman–Crippen MR) is 67.9 cm³/mol. The highest BCUT2D eigenvalue weighted by Crippen LogP contribution is 2.46. The SMILES string of the molecule is C1CC2(C1)CC(NC1CC3CCC1C3)CCO2. The number of rotatable bonds is 2. The van der Waals surface area contributed by atoms with Crippen LogP contribution in [0.1, 0.15) is 57.8 Å². The quantitative estimate of drug-likeness (QED) is 0.794. The Balaban J connectivity index is 1.36. The molecule has 2 nitrogen and oxygen atoms in total. The molecule has 4 rings (SSSR count). The molecule has 2 heteroatoms. The van der Waals surface area contributed by atoms with Gasteiger partial charge in [0.1, 0.15) is 0 Å². The minimum absolute atomic E-state index is 0.313. The molecule has 1 N–H and O–H groups in total. The van der Waals surface area contributed by atoms with Gasteiger partial charge in [-0.25, -0.2) is 0 Å². The van der Waals surface area contributed by atoms with Crippen LogP contribution in [-0.2, 0) is 4.74 Å². The minimum atomic E-state index is 0.313. The molecule has 3 aliphatic carbocycles. The van der Waals surface area contributed by atoms with Crippen molar-refractivity contribution in [2.45, 2.75) is 75.5 Å². The Labute approximate surface area is 104 Å². The zero-order valence-corrected chi connectivity index (χ0v) is 10.8. The van der Waals surface area contributed by atoms with Gasteiger partial charge in [-0.05, 0) is 63.2 Å². The Bertz CT molecular complexity index is 299. The fourth-order valence-corrected chi connectivity index (χ4v) is 4.84. The van der Waals surface area contributed by atoms with Crippen LogP contribution in [0.5, 0.6) is 0 Å². The molecule has 4 fully saturated rings. The van der Waals surface area contributed by atoms with Crippen LogP contribution in [0.15, 0.2) is 0 Å². The summed E-state index contributed by atoms with van der Waals surface area (Å²) in [5.41, 5.74) is 0.313. The van der Waals surface area contributed by atoms with Crippen molar-refractivity contribution in [3.63, 3.8) is 0 Å². The van der Waals surface area contributed by atoms with E-state index in [1.807, 2.05) is 0 Å². The number of hydrogen-bond acceptors (Lipinski definition) is 2. The second-order valence-electron chi connectivity index (χ2n) is 7.02. The van der Waals surface area contributed by atoms with E-state index in [0.717, 1.165) is 30.5 Å². The fourth-order valence-electron chi connectivity index (χ4n) is 4.84. The summed E-state index contributed by atoms with van der Waals surface area (Å²) in [6.07, 6.45) is 12.6. The molecule has 1 saturated heterocycles. The fraction of sp³-hybridized carbons (Fsp3) is 1.00. The van der Waals surface area contributed by atoms with Crippen LogP contribution in [0, 0.1) is 11.8 Å². The van der Waals surface area contributed by atoms with Crippen LogP contribution in [0.2, 0.25) is 0 Å². The summed E-state index contributed by atoms with van der Waals surface area (Å²) in [4.78, 5) is 0. The molecule has 96 valence electrons. The van der Waals surface area contributed by atoms with E-state index in [1.165, 1.54) is 57.8 Å². The largest absolute Gasteiger partial charge is 0.375 e. The van der Waals surface area contributed by atoms with Gasteiger partial charge >= 0.3 is 0 Å². The van der Waals surface area contributed by atoms with Gasteiger partial charge in [0.15, 0.2) is 0 Å². The van der Waals surface area contributed by atoms with Gasteiger partial charge in [0, 0.05) is 18.7 Å². The average molecular weight is 235 g/mol. The second kappa shape index (κ2) is 3.96. The van der Waals surface area contributed by atoms with Gasteiger partial charge in [-0.1, -0.05) is 6.42 Å². The van der Waals surface area contributed by atoms with Crippen LogP contribution in [-0.4, -0.2) is 24.3 Å². The van der Waals surface area contributed by atoms with E-state index in [-0.39, 0.29) is 0 Å². The van der Waals surface area contributed by atoms with E-state index in [1.54, 1.807) is 0 Å². The first-order chi connectivity index (χ1) is 8.33. The third-order valence-electron chi connectivity index (χ3n) is 5.95. The van der Waals surface area contributed by atoms with Crippen molar-refractivity contribution in [1.82, 2.24) is 5.32 Å². The van der Waals surface area contributed by atoms with Gasteiger partial charge in [0.25, 0.3) is 0 Å². The predicted octanol–water partition coefficient (Wildman–Crippen LogP) is 2.87. The zero-order valence-electron chi connectivity index (χ0n) is 10.8. The van der Waals surface area contributed by atoms with E-state index in [4.69, 9.17) is 4.74 Å². The molecule has 0 aromatic rings. The monoisotopic (exact) mass is 235 g/mol. The molecule has 0 aromatic carbocycles. The van der Waals surface area contributed by atoms with Gasteiger partial charge in [-0.3, -0.25) is 0 Å². The highest BCUT2D eigenvalue weighted by molar-refractivity contribution is 5.00. The summed E-state index contributed by atoms with van der Waals surface area (Å²) in [5.74, 6) is 2.08. The van der Waals surface area contributed by atoms with Gasteiger partial charge < -0.3 is 10.1 Å². The lowest BCUT2D eigenvalue weighted by Gasteiger charge is -2.48. The lowest BCUT2D eigenvalue weighted by molar-refractivity contribution is -0.136. The first kappa shape index (κ1) is 10.8. The van der Waals surface area contributed by atoms with Gasteiger partial charge in [-0.2, -0.15) is 0 Å². The molecule has 0 aromatic heterocycles. The summed E-state index contributed by atoms with van der Waals surface area (Å²) in [5, 5.41) is 3.99. The van der Waals surface area contributed by atoms with Crippen LogP contribution in [0.3, 0.4) is 0 Å². The molecule has 17 heavy (non-hydrogen) atoms. The zero-order chi connectivity index (χ0) is 11.3. The Morgan fingerprint density at radius 1 is 1.06 bits per heavy atom. The standard InChI is InChI=1S/C15H25NO/c1-5-15(6-1)10-13(4-7-17-15)16-14-9-11-2-3-12(14)8-11/h11-14,16H,1-10H2. The maximum absolute atomic E-state index is 6.02. The molecule has 0 radical (unpaired) electrons. The van der Waals surface area contributed by atoms with Crippen LogP contribution < -0.4 is 5.32 Å². The average Bonchev–Trinajstić information content (AvgIpc) is 2.89. The number of ether oxygens (including phenoxy) is 1. The molecule has 0 amide bonds. The van der Waals surface area contributed by atoms with E-state index in [9.17, 15) is 0 Å². The van der Waals surface area contributed by atoms with Crippen molar-refractivity contribution in [1.29, 1.82) is 0 Å². The Hall–Kier alpha value is -0.0800. The summed E-state index contributed by atoms with van der Waals surface area (Å²) in [7, 11) is 0. The van der Waals surface area contributed by atoms with Gasteiger partial charge in [-0.15, -0.1) is 0 Å². The molecule has 2 bridgehead atoms. The minimum Gasteiger partial charge on any atom is -0.375 e. The lowest BCUT2D eigenvalue weighted by atomic mass is 9.73. The summed E-state index contributed by atoms with van der Waals surface area (Å²) in [6.45, 7) is 0.998. The van der Waals surface area contributed by atoms with Gasteiger partial charge in [0.2, 0.25) is 0 Å². The van der Waals surface area contributed by atoms with Crippen molar-refractivity contribution < 1.29 is 4.74 Å². The Kier molecular flexibility index (Phi) is 2.52. The number of fused-ring (bicyclic) bond motifs is 2.